The van der Waals surface area contributed by atoms with Crippen LogP contribution in [0.4, 0.5) is 11.4 Å². The second-order valence-electron chi connectivity index (χ2n) is 7.10. The molecule has 0 spiro atoms. The van der Waals surface area contributed by atoms with Crippen LogP contribution in [-0.2, 0) is 17.9 Å². The fourth-order valence-electron chi connectivity index (χ4n) is 2.68. The largest absolute Gasteiger partial charge is 0.489 e. The molecule has 0 saturated carbocycles. The Morgan fingerprint density at radius 1 is 0.966 bits per heavy atom. The fraction of sp³-hybridized carbons (Fsp3) is 0.208. The summed E-state index contributed by atoms with van der Waals surface area (Å²) in [7, 11) is 0. The van der Waals surface area contributed by atoms with E-state index in [0.29, 0.717) is 18.2 Å². The van der Waals surface area contributed by atoms with Crippen molar-refractivity contribution in [1.82, 2.24) is 0 Å². The van der Waals surface area contributed by atoms with E-state index in [1.54, 1.807) is 0 Å². The fourth-order valence-corrected chi connectivity index (χ4v) is 2.87. The molecular formula is C24H25ClN2O2. The van der Waals surface area contributed by atoms with Crippen LogP contribution < -0.4 is 15.4 Å². The Morgan fingerprint density at radius 2 is 1.69 bits per heavy atom. The summed E-state index contributed by atoms with van der Waals surface area (Å²) in [5.41, 5.74) is 3.85. The molecule has 0 aliphatic heterocycles. The Balaban J connectivity index is 1.54. The summed E-state index contributed by atoms with van der Waals surface area (Å²) in [4.78, 5) is 11.8. The first-order chi connectivity index (χ1) is 14.0. The highest BCUT2D eigenvalue weighted by Crippen LogP contribution is 2.20. The summed E-state index contributed by atoms with van der Waals surface area (Å²) in [6.07, 6.45) is 0. The van der Waals surface area contributed by atoms with E-state index in [9.17, 15) is 4.79 Å². The van der Waals surface area contributed by atoms with Crippen molar-refractivity contribution in [2.75, 3.05) is 10.6 Å². The zero-order chi connectivity index (χ0) is 20.6. The Morgan fingerprint density at radius 3 is 2.41 bits per heavy atom. The van der Waals surface area contributed by atoms with Crippen LogP contribution in [0.25, 0.3) is 0 Å². The summed E-state index contributed by atoms with van der Waals surface area (Å²) in [6, 6.07) is 23.3. The van der Waals surface area contributed by atoms with Gasteiger partial charge in [0.05, 0.1) is 0 Å². The van der Waals surface area contributed by atoms with Gasteiger partial charge in [-0.2, -0.15) is 0 Å². The summed E-state index contributed by atoms with van der Waals surface area (Å²) in [5.74, 6) is 0.774. The number of hydrogen-bond acceptors (Lipinski definition) is 3. The molecule has 4 nitrogen and oxygen atoms in total. The second kappa shape index (κ2) is 9.99. The maximum Gasteiger partial charge on any atom is 0.226 e. The average molecular weight is 409 g/mol. The molecule has 150 valence electrons. The summed E-state index contributed by atoms with van der Waals surface area (Å²) in [5, 5.41) is 6.98. The van der Waals surface area contributed by atoms with Crippen molar-refractivity contribution in [2.45, 2.75) is 27.0 Å². The molecule has 29 heavy (non-hydrogen) atoms. The number of nitrogens with one attached hydrogen (secondary N) is 2. The zero-order valence-corrected chi connectivity index (χ0v) is 17.4. The molecule has 0 aliphatic carbocycles. The number of carbonyl (C=O) groups excluding carboxylic acids is 1. The van der Waals surface area contributed by atoms with Gasteiger partial charge in [-0.05, 0) is 48.0 Å². The molecule has 3 aromatic rings. The maximum absolute atomic E-state index is 11.8. The number of amides is 1. The minimum absolute atomic E-state index is 0.0133. The number of rotatable bonds is 8. The number of hydrogen-bond donors (Lipinski definition) is 2. The quantitative estimate of drug-likeness (QED) is 0.471. The van der Waals surface area contributed by atoms with E-state index < -0.39 is 0 Å². The molecule has 1 amide bonds. The number of benzene rings is 3. The van der Waals surface area contributed by atoms with Crippen molar-refractivity contribution in [3.8, 4) is 5.75 Å². The molecule has 0 atom stereocenters. The first-order valence-electron chi connectivity index (χ1n) is 9.61. The molecule has 2 N–H and O–H groups in total. The lowest BCUT2D eigenvalue weighted by atomic mass is 10.2. The highest BCUT2D eigenvalue weighted by molar-refractivity contribution is 6.31. The van der Waals surface area contributed by atoms with Crippen molar-refractivity contribution in [3.05, 3.63) is 88.9 Å². The van der Waals surface area contributed by atoms with Crippen LogP contribution in [0.5, 0.6) is 5.75 Å². The van der Waals surface area contributed by atoms with E-state index >= 15 is 0 Å². The summed E-state index contributed by atoms with van der Waals surface area (Å²) in [6.45, 7) is 4.84. The van der Waals surface area contributed by atoms with Crippen molar-refractivity contribution in [2.24, 2.45) is 5.92 Å². The topological polar surface area (TPSA) is 50.4 Å². The zero-order valence-electron chi connectivity index (χ0n) is 16.6. The third-order valence-electron chi connectivity index (χ3n) is 4.42. The molecule has 3 rings (SSSR count). The predicted molar refractivity (Wildman–Crippen MR) is 119 cm³/mol. The van der Waals surface area contributed by atoms with Gasteiger partial charge in [0.2, 0.25) is 5.91 Å². The molecule has 0 aliphatic rings. The third kappa shape index (κ3) is 6.26. The van der Waals surface area contributed by atoms with Gasteiger partial charge < -0.3 is 15.4 Å². The van der Waals surface area contributed by atoms with Gasteiger partial charge >= 0.3 is 0 Å². The van der Waals surface area contributed by atoms with Gasteiger partial charge in [-0.25, -0.2) is 0 Å². The Kier molecular flexibility index (Phi) is 7.14. The summed E-state index contributed by atoms with van der Waals surface area (Å²) >= 11 is 6.18. The van der Waals surface area contributed by atoms with Crippen LogP contribution >= 0.6 is 11.6 Å². The van der Waals surface area contributed by atoms with Crippen LogP contribution in [0.1, 0.15) is 25.0 Å². The highest BCUT2D eigenvalue weighted by Gasteiger charge is 2.07. The predicted octanol–water partition coefficient (Wildman–Crippen LogP) is 6.13. The lowest BCUT2D eigenvalue weighted by Crippen LogP contribution is -2.17. The van der Waals surface area contributed by atoms with Crippen LogP contribution in [-0.4, -0.2) is 5.91 Å². The number of anilines is 2. The van der Waals surface area contributed by atoms with Crippen molar-refractivity contribution >= 4 is 28.9 Å². The minimum Gasteiger partial charge on any atom is -0.489 e. The minimum atomic E-state index is -0.0415. The van der Waals surface area contributed by atoms with E-state index in [0.717, 1.165) is 28.3 Å². The van der Waals surface area contributed by atoms with Crippen molar-refractivity contribution < 1.29 is 9.53 Å². The smallest absolute Gasteiger partial charge is 0.226 e. The van der Waals surface area contributed by atoms with Crippen LogP contribution in [0.2, 0.25) is 5.02 Å². The molecule has 0 bridgehead atoms. The maximum atomic E-state index is 11.8. The van der Waals surface area contributed by atoms with Crippen LogP contribution in [0, 0.1) is 5.92 Å². The van der Waals surface area contributed by atoms with Crippen molar-refractivity contribution in [1.29, 1.82) is 0 Å². The molecule has 3 aromatic carbocycles. The lowest BCUT2D eigenvalue weighted by Gasteiger charge is -2.11. The molecular weight excluding hydrogens is 384 g/mol. The van der Waals surface area contributed by atoms with E-state index in [2.05, 4.69) is 10.6 Å². The first-order valence-corrected chi connectivity index (χ1v) is 9.99. The number of halogens is 1. The molecule has 0 saturated heterocycles. The van der Waals surface area contributed by atoms with Gasteiger partial charge in [0.25, 0.3) is 0 Å². The highest BCUT2D eigenvalue weighted by atomic mass is 35.5. The second-order valence-corrected chi connectivity index (χ2v) is 7.51. The molecule has 0 radical (unpaired) electrons. The third-order valence-corrected chi connectivity index (χ3v) is 4.79. The Labute approximate surface area is 176 Å². The SMILES string of the molecule is CC(C)C(=O)Nc1ccc(NCc2cccc(OCc3ccccc3Cl)c2)cc1. The van der Waals surface area contributed by atoms with E-state index in [1.165, 1.54) is 0 Å². The summed E-state index contributed by atoms with van der Waals surface area (Å²) < 4.78 is 5.89. The monoisotopic (exact) mass is 408 g/mol. The standard InChI is InChI=1S/C24H25ClN2O2/c1-17(2)24(28)27-21-12-10-20(11-13-21)26-15-18-6-5-8-22(14-18)29-16-19-7-3-4-9-23(19)25/h3-14,17,26H,15-16H2,1-2H3,(H,27,28). The molecule has 0 fully saturated rings. The van der Waals surface area contributed by atoms with Gasteiger partial charge in [0.15, 0.2) is 0 Å². The normalized spacial score (nSPS) is 10.6. The Bertz CT molecular complexity index is 955. The van der Waals surface area contributed by atoms with E-state index in [1.807, 2.05) is 86.6 Å². The molecule has 0 heterocycles. The number of carbonyl (C=O) groups is 1. The lowest BCUT2D eigenvalue weighted by molar-refractivity contribution is -0.118. The Hall–Kier alpha value is -2.98. The average Bonchev–Trinajstić information content (AvgIpc) is 2.73. The van der Waals surface area contributed by atoms with Gasteiger partial charge in [0.1, 0.15) is 12.4 Å². The molecule has 0 unspecified atom stereocenters. The van der Waals surface area contributed by atoms with E-state index in [4.69, 9.17) is 16.3 Å². The van der Waals surface area contributed by atoms with Gasteiger partial charge in [-0.15, -0.1) is 0 Å². The van der Waals surface area contributed by atoms with Crippen LogP contribution in [0.3, 0.4) is 0 Å². The first kappa shape index (κ1) is 20.7. The molecule has 0 aromatic heterocycles. The van der Waals surface area contributed by atoms with Crippen molar-refractivity contribution in [3.63, 3.8) is 0 Å². The van der Waals surface area contributed by atoms with Gasteiger partial charge in [0, 0.05) is 34.4 Å². The molecule has 5 heteroatoms. The van der Waals surface area contributed by atoms with Gasteiger partial charge in [-0.3, -0.25) is 4.79 Å². The van der Waals surface area contributed by atoms with E-state index in [-0.39, 0.29) is 11.8 Å². The number of ether oxygens (including phenoxy) is 1. The van der Waals surface area contributed by atoms with Gasteiger partial charge in [-0.1, -0.05) is 55.8 Å². The van der Waals surface area contributed by atoms with Crippen LogP contribution in [0.15, 0.2) is 72.8 Å².